The number of H-pyrrole nitrogens is 1. The van der Waals surface area contributed by atoms with Crippen LogP contribution in [0.2, 0.25) is 0 Å². The number of ether oxygens (including phenoxy) is 1. The Balaban J connectivity index is 1.83. The van der Waals surface area contributed by atoms with Gasteiger partial charge in [-0.05, 0) is 42.0 Å². The lowest BCUT2D eigenvalue weighted by Crippen LogP contribution is -1.95. The standard InChI is InChI=1S/C17H14N6O/c1-12-5-4-6-14(9-12)24-16-8-3-2-7-15(16)19-11-13(10-18)17-20-22-23-21-17/h2-9,11,19H,1H3,(H,20,21,22,23). The zero-order valence-corrected chi connectivity index (χ0v) is 12.9. The predicted molar refractivity (Wildman–Crippen MR) is 89.1 cm³/mol. The first-order valence-electron chi connectivity index (χ1n) is 7.20. The van der Waals surface area contributed by atoms with Gasteiger partial charge in [0, 0.05) is 6.20 Å². The van der Waals surface area contributed by atoms with Crippen molar-refractivity contribution in [2.75, 3.05) is 5.32 Å². The normalized spacial score (nSPS) is 10.9. The summed E-state index contributed by atoms with van der Waals surface area (Å²) in [7, 11) is 0. The number of aromatic nitrogens is 4. The van der Waals surface area contributed by atoms with Crippen molar-refractivity contribution in [2.24, 2.45) is 0 Å². The van der Waals surface area contributed by atoms with Crippen LogP contribution in [0.5, 0.6) is 11.5 Å². The third-order valence-corrected chi connectivity index (χ3v) is 3.18. The van der Waals surface area contributed by atoms with Gasteiger partial charge in [-0.2, -0.15) is 10.5 Å². The van der Waals surface area contributed by atoms with E-state index in [1.165, 1.54) is 6.20 Å². The molecular formula is C17H14N6O. The summed E-state index contributed by atoms with van der Waals surface area (Å²) in [5, 5.41) is 25.6. The minimum absolute atomic E-state index is 0.224. The number of tetrazole rings is 1. The lowest BCUT2D eigenvalue weighted by Gasteiger charge is -2.11. The number of benzene rings is 2. The molecule has 0 saturated heterocycles. The molecule has 0 aliphatic heterocycles. The molecule has 0 saturated carbocycles. The van der Waals surface area contributed by atoms with Gasteiger partial charge in [-0.3, -0.25) is 0 Å². The van der Waals surface area contributed by atoms with Gasteiger partial charge in [-0.15, -0.1) is 10.2 Å². The van der Waals surface area contributed by atoms with Gasteiger partial charge in [0.1, 0.15) is 17.4 Å². The van der Waals surface area contributed by atoms with Crippen LogP contribution in [0.3, 0.4) is 0 Å². The fraction of sp³-hybridized carbons (Fsp3) is 0.0588. The number of rotatable bonds is 5. The second kappa shape index (κ2) is 7.07. The predicted octanol–water partition coefficient (Wildman–Crippen LogP) is 3.28. The van der Waals surface area contributed by atoms with E-state index in [4.69, 9.17) is 4.74 Å². The number of anilines is 1. The van der Waals surface area contributed by atoms with Gasteiger partial charge >= 0.3 is 0 Å². The first kappa shape index (κ1) is 15.2. The maximum absolute atomic E-state index is 9.20. The topological polar surface area (TPSA) is 99.5 Å². The molecule has 2 N–H and O–H groups in total. The highest BCUT2D eigenvalue weighted by Gasteiger charge is 2.07. The second-order valence-corrected chi connectivity index (χ2v) is 4.96. The summed E-state index contributed by atoms with van der Waals surface area (Å²) >= 11 is 0. The van der Waals surface area contributed by atoms with Gasteiger partial charge in [-0.25, -0.2) is 0 Å². The van der Waals surface area contributed by atoms with E-state index < -0.39 is 0 Å². The van der Waals surface area contributed by atoms with Crippen LogP contribution in [-0.4, -0.2) is 20.6 Å². The minimum atomic E-state index is 0.224. The number of aryl methyl sites for hydroxylation is 1. The fourth-order valence-electron chi connectivity index (χ4n) is 2.05. The van der Waals surface area contributed by atoms with E-state index in [9.17, 15) is 5.26 Å². The van der Waals surface area contributed by atoms with Gasteiger partial charge in [0.25, 0.3) is 0 Å². The number of nitriles is 1. The monoisotopic (exact) mass is 318 g/mol. The average molecular weight is 318 g/mol. The zero-order valence-electron chi connectivity index (χ0n) is 12.9. The summed E-state index contributed by atoms with van der Waals surface area (Å²) in [6.07, 6.45) is 1.52. The van der Waals surface area contributed by atoms with Gasteiger partial charge in [0.05, 0.1) is 5.69 Å². The van der Waals surface area contributed by atoms with Gasteiger partial charge in [0.15, 0.2) is 5.75 Å². The number of hydrogen-bond acceptors (Lipinski definition) is 6. The smallest absolute Gasteiger partial charge is 0.216 e. The Morgan fingerprint density at radius 1 is 1.25 bits per heavy atom. The SMILES string of the molecule is Cc1cccc(Oc2ccccc2NC=C(C#N)c2nn[nH]n2)c1. The average Bonchev–Trinajstić information content (AvgIpc) is 3.11. The van der Waals surface area contributed by atoms with Gasteiger partial charge in [-0.1, -0.05) is 24.3 Å². The molecule has 0 radical (unpaired) electrons. The summed E-state index contributed by atoms with van der Waals surface area (Å²) in [4.78, 5) is 0. The van der Waals surface area contributed by atoms with Crippen LogP contribution in [0.1, 0.15) is 11.4 Å². The Bertz CT molecular complexity index is 895. The lowest BCUT2D eigenvalue weighted by atomic mass is 10.2. The number of hydrogen-bond donors (Lipinski definition) is 2. The second-order valence-electron chi connectivity index (χ2n) is 4.96. The number of aromatic amines is 1. The lowest BCUT2D eigenvalue weighted by molar-refractivity contribution is 0.484. The molecule has 7 nitrogen and oxygen atoms in total. The van der Waals surface area contributed by atoms with E-state index in [1.54, 1.807) is 0 Å². The van der Waals surface area contributed by atoms with Crippen molar-refractivity contribution in [3.63, 3.8) is 0 Å². The molecule has 0 spiro atoms. The van der Waals surface area contributed by atoms with E-state index >= 15 is 0 Å². The van der Waals surface area contributed by atoms with Crippen LogP contribution in [0.4, 0.5) is 5.69 Å². The molecule has 3 rings (SSSR count). The molecule has 0 unspecified atom stereocenters. The van der Waals surface area contributed by atoms with Crippen LogP contribution in [-0.2, 0) is 0 Å². The van der Waals surface area contributed by atoms with E-state index in [0.29, 0.717) is 5.75 Å². The molecule has 0 atom stereocenters. The van der Waals surface area contributed by atoms with Crippen molar-refractivity contribution < 1.29 is 4.74 Å². The third-order valence-electron chi connectivity index (χ3n) is 3.18. The Hall–Kier alpha value is -3.66. The van der Waals surface area contributed by atoms with E-state index in [0.717, 1.165) is 17.0 Å². The maximum atomic E-state index is 9.20. The highest BCUT2D eigenvalue weighted by molar-refractivity contribution is 5.75. The zero-order chi connectivity index (χ0) is 16.8. The summed E-state index contributed by atoms with van der Waals surface area (Å²) in [5.74, 6) is 1.61. The van der Waals surface area contributed by atoms with Crippen molar-refractivity contribution in [3.05, 3.63) is 66.1 Å². The summed E-state index contributed by atoms with van der Waals surface area (Å²) in [5.41, 5.74) is 2.09. The summed E-state index contributed by atoms with van der Waals surface area (Å²) < 4.78 is 5.92. The van der Waals surface area contributed by atoms with Crippen molar-refractivity contribution in [2.45, 2.75) is 6.92 Å². The first-order chi connectivity index (χ1) is 11.8. The summed E-state index contributed by atoms with van der Waals surface area (Å²) in [6.45, 7) is 2.00. The van der Waals surface area contributed by atoms with E-state index in [1.807, 2.05) is 61.5 Å². The number of allylic oxidation sites excluding steroid dienone is 1. The van der Waals surface area contributed by atoms with E-state index in [-0.39, 0.29) is 11.4 Å². The Morgan fingerprint density at radius 2 is 2.12 bits per heavy atom. The molecule has 1 heterocycles. The van der Waals surface area contributed by atoms with Gasteiger partial charge in [0.2, 0.25) is 5.82 Å². The number of nitrogens with one attached hydrogen (secondary N) is 2. The molecule has 3 aromatic rings. The highest BCUT2D eigenvalue weighted by Crippen LogP contribution is 2.30. The molecular weight excluding hydrogens is 304 g/mol. The molecule has 0 fully saturated rings. The number of para-hydroxylation sites is 2. The molecule has 0 amide bonds. The fourth-order valence-corrected chi connectivity index (χ4v) is 2.05. The van der Waals surface area contributed by atoms with Crippen LogP contribution in [0.25, 0.3) is 5.57 Å². The van der Waals surface area contributed by atoms with Crippen LogP contribution in [0, 0.1) is 18.3 Å². The molecule has 0 aliphatic rings. The van der Waals surface area contributed by atoms with Crippen molar-refractivity contribution in [3.8, 4) is 17.6 Å². The van der Waals surface area contributed by atoms with Crippen LogP contribution >= 0.6 is 0 Å². The largest absolute Gasteiger partial charge is 0.455 e. The highest BCUT2D eigenvalue weighted by atomic mass is 16.5. The quantitative estimate of drug-likeness (QED) is 0.700. The Labute approximate surface area is 138 Å². The van der Waals surface area contributed by atoms with Crippen molar-refractivity contribution in [1.29, 1.82) is 5.26 Å². The molecule has 0 aliphatic carbocycles. The molecule has 0 bridgehead atoms. The first-order valence-corrected chi connectivity index (χ1v) is 7.20. The number of nitrogens with zero attached hydrogens (tertiary/aromatic N) is 4. The maximum Gasteiger partial charge on any atom is 0.216 e. The van der Waals surface area contributed by atoms with Crippen LogP contribution < -0.4 is 10.1 Å². The molecule has 1 aromatic heterocycles. The third kappa shape index (κ3) is 3.56. The Morgan fingerprint density at radius 3 is 2.88 bits per heavy atom. The van der Waals surface area contributed by atoms with E-state index in [2.05, 4.69) is 25.9 Å². The molecule has 24 heavy (non-hydrogen) atoms. The molecule has 7 heteroatoms. The molecule has 2 aromatic carbocycles. The molecule has 118 valence electrons. The van der Waals surface area contributed by atoms with Crippen LogP contribution in [0.15, 0.2) is 54.7 Å². The summed E-state index contributed by atoms with van der Waals surface area (Å²) in [6, 6.07) is 17.3. The minimum Gasteiger partial charge on any atom is -0.455 e. The van der Waals surface area contributed by atoms with Gasteiger partial charge < -0.3 is 10.1 Å². The van der Waals surface area contributed by atoms with Crippen molar-refractivity contribution >= 4 is 11.3 Å². The van der Waals surface area contributed by atoms with Crippen molar-refractivity contribution in [1.82, 2.24) is 20.6 Å². The Kier molecular flexibility index (Phi) is 4.49.